The Bertz CT molecular complexity index is 923. The summed E-state index contributed by atoms with van der Waals surface area (Å²) in [6.45, 7) is 0.211. The van der Waals surface area contributed by atoms with Crippen molar-refractivity contribution < 1.29 is 18.7 Å². The van der Waals surface area contributed by atoms with Gasteiger partial charge in [-0.15, -0.1) is 11.3 Å². The Kier molecular flexibility index (Phi) is 7.27. The van der Waals surface area contributed by atoms with Gasteiger partial charge in [-0.05, 0) is 65.2 Å². The topological polar surface area (TPSA) is 80.6 Å². The molecule has 0 bridgehead atoms. The molecule has 6 nitrogen and oxygen atoms in total. The standard InChI is InChI=1S/C20H19BrN2O4S/c21-18-12-10-16(28-18)7-4-8-19(24)22-23-20(25)17-11-9-15(27-17)13-26-14-5-2-1-3-6-14/h1-3,5-6,9-12H,4,7-8,13H2,(H,22,24)(H,23,25). The molecule has 3 aromatic rings. The van der Waals surface area contributed by atoms with Gasteiger partial charge in [0.15, 0.2) is 5.76 Å². The van der Waals surface area contributed by atoms with Crippen molar-refractivity contribution >= 4 is 39.1 Å². The van der Waals surface area contributed by atoms with Crippen LogP contribution in [0.5, 0.6) is 5.75 Å². The average molecular weight is 463 g/mol. The average Bonchev–Trinajstić information content (AvgIpc) is 3.34. The summed E-state index contributed by atoms with van der Waals surface area (Å²) >= 11 is 5.07. The minimum absolute atomic E-state index is 0.107. The fourth-order valence-electron chi connectivity index (χ4n) is 2.41. The number of carbonyl (C=O) groups is 2. The first kappa shape index (κ1) is 20.2. The first-order chi connectivity index (χ1) is 13.6. The van der Waals surface area contributed by atoms with Gasteiger partial charge >= 0.3 is 5.91 Å². The molecule has 0 saturated carbocycles. The zero-order valence-electron chi connectivity index (χ0n) is 14.9. The zero-order chi connectivity index (χ0) is 19.8. The number of ether oxygens (including phenoxy) is 1. The smallest absolute Gasteiger partial charge is 0.305 e. The van der Waals surface area contributed by atoms with E-state index in [1.54, 1.807) is 23.5 Å². The lowest BCUT2D eigenvalue weighted by Gasteiger charge is -2.06. The highest BCUT2D eigenvalue weighted by Gasteiger charge is 2.12. The summed E-state index contributed by atoms with van der Waals surface area (Å²) in [6, 6.07) is 16.5. The molecule has 8 heteroatoms. The SMILES string of the molecule is O=C(CCCc1ccc(Br)s1)NNC(=O)c1ccc(COc2ccccc2)o1. The molecule has 0 atom stereocenters. The number of benzene rings is 1. The molecule has 3 rings (SSSR count). The van der Waals surface area contributed by atoms with Gasteiger partial charge in [0.1, 0.15) is 18.1 Å². The van der Waals surface area contributed by atoms with E-state index in [0.29, 0.717) is 24.4 Å². The molecule has 0 fully saturated rings. The molecular formula is C20H19BrN2O4S. The van der Waals surface area contributed by atoms with Gasteiger partial charge < -0.3 is 9.15 Å². The van der Waals surface area contributed by atoms with Gasteiger partial charge in [0.05, 0.1) is 3.79 Å². The summed E-state index contributed by atoms with van der Waals surface area (Å²) in [5, 5.41) is 0. The molecule has 0 aliphatic carbocycles. The van der Waals surface area contributed by atoms with Crippen molar-refractivity contribution in [3.63, 3.8) is 0 Å². The Labute approximate surface area is 175 Å². The molecule has 0 unspecified atom stereocenters. The summed E-state index contributed by atoms with van der Waals surface area (Å²) < 4.78 is 12.1. The summed E-state index contributed by atoms with van der Waals surface area (Å²) in [5.41, 5.74) is 4.76. The zero-order valence-corrected chi connectivity index (χ0v) is 17.3. The van der Waals surface area contributed by atoms with Gasteiger partial charge in [-0.25, -0.2) is 0 Å². The van der Waals surface area contributed by atoms with Gasteiger partial charge in [0, 0.05) is 11.3 Å². The molecule has 2 heterocycles. The number of halogens is 1. The first-order valence-corrected chi connectivity index (χ1v) is 10.3. The largest absolute Gasteiger partial charge is 0.486 e. The predicted octanol–water partition coefficient (Wildman–Crippen LogP) is 4.47. The van der Waals surface area contributed by atoms with E-state index in [4.69, 9.17) is 9.15 Å². The van der Waals surface area contributed by atoms with Crippen molar-refractivity contribution in [2.45, 2.75) is 25.9 Å². The molecule has 0 aliphatic heterocycles. The Morgan fingerprint density at radius 1 is 1.04 bits per heavy atom. The van der Waals surface area contributed by atoms with Crippen molar-refractivity contribution in [3.8, 4) is 5.75 Å². The lowest BCUT2D eigenvalue weighted by atomic mass is 10.2. The van der Waals surface area contributed by atoms with E-state index in [-0.39, 0.29) is 18.3 Å². The molecular weight excluding hydrogens is 444 g/mol. The highest BCUT2D eigenvalue weighted by Crippen LogP contribution is 2.23. The number of amides is 2. The molecule has 2 aromatic heterocycles. The van der Waals surface area contributed by atoms with Crippen molar-refractivity contribution in [1.29, 1.82) is 0 Å². The number of hydrogen-bond donors (Lipinski definition) is 2. The van der Waals surface area contributed by atoms with Gasteiger partial charge in [-0.1, -0.05) is 18.2 Å². The van der Waals surface area contributed by atoms with Crippen LogP contribution in [0.1, 0.15) is 34.0 Å². The normalized spacial score (nSPS) is 10.5. The fourth-order valence-corrected chi connectivity index (χ4v) is 3.93. The van der Waals surface area contributed by atoms with Crippen molar-refractivity contribution in [2.75, 3.05) is 0 Å². The quantitative estimate of drug-likeness (QED) is 0.484. The first-order valence-electron chi connectivity index (χ1n) is 8.70. The lowest BCUT2D eigenvalue weighted by molar-refractivity contribution is -0.121. The summed E-state index contributed by atoms with van der Waals surface area (Å²) in [4.78, 5) is 25.1. The van der Waals surface area contributed by atoms with Gasteiger partial charge in [0.25, 0.3) is 0 Å². The van der Waals surface area contributed by atoms with Crippen LogP contribution in [0.3, 0.4) is 0 Å². The number of hydrogen-bond acceptors (Lipinski definition) is 5. The number of hydrazine groups is 1. The number of nitrogens with one attached hydrogen (secondary N) is 2. The Morgan fingerprint density at radius 2 is 1.86 bits per heavy atom. The fraction of sp³-hybridized carbons (Fsp3) is 0.200. The highest BCUT2D eigenvalue weighted by molar-refractivity contribution is 9.11. The Morgan fingerprint density at radius 3 is 2.61 bits per heavy atom. The van der Waals surface area contributed by atoms with Crippen LogP contribution in [0.4, 0.5) is 0 Å². The van der Waals surface area contributed by atoms with E-state index in [9.17, 15) is 9.59 Å². The Hall–Kier alpha value is -2.58. The van der Waals surface area contributed by atoms with Crippen LogP contribution in [0, 0.1) is 0 Å². The third-order valence-electron chi connectivity index (χ3n) is 3.78. The van der Waals surface area contributed by atoms with Gasteiger partial charge in [-0.3, -0.25) is 20.4 Å². The maximum absolute atomic E-state index is 12.1. The van der Waals surface area contributed by atoms with Crippen LogP contribution >= 0.6 is 27.3 Å². The third-order valence-corrected chi connectivity index (χ3v) is 5.46. The van der Waals surface area contributed by atoms with Crippen LogP contribution in [-0.2, 0) is 17.8 Å². The van der Waals surface area contributed by atoms with Crippen LogP contribution in [0.2, 0.25) is 0 Å². The van der Waals surface area contributed by atoms with Crippen LogP contribution in [0.15, 0.2) is 62.8 Å². The lowest BCUT2D eigenvalue weighted by Crippen LogP contribution is -2.41. The highest BCUT2D eigenvalue weighted by atomic mass is 79.9. The molecule has 1 aromatic carbocycles. The second kappa shape index (κ2) is 10.1. The molecule has 0 saturated heterocycles. The van der Waals surface area contributed by atoms with Crippen LogP contribution in [0.25, 0.3) is 0 Å². The minimum atomic E-state index is -0.513. The molecule has 0 spiro atoms. The van der Waals surface area contributed by atoms with E-state index in [0.717, 1.165) is 10.2 Å². The Balaban J connectivity index is 1.37. The van der Waals surface area contributed by atoms with E-state index >= 15 is 0 Å². The third kappa shape index (κ3) is 6.24. The molecule has 0 aliphatic rings. The number of para-hydroxylation sites is 1. The summed E-state index contributed by atoms with van der Waals surface area (Å²) in [5.74, 6) is 0.578. The van der Waals surface area contributed by atoms with Crippen LogP contribution in [-0.4, -0.2) is 11.8 Å². The van der Waals surface area contributed by atoms with Crippen molar-refractivity contribution in [2.24, 2.45) is 0 Å². The number of furan rings is 1. The summed E-state index contributed by atoms with van der Waals surface area (Å²) in [7, 11) is 0. The second-order valence-corrected chi connectivity index (χ2v) is 8.48. The monoisotopic (exact) mass is 462 g/mol. The maximum atomic E-state index is 12.1. The predicted molar refractivity (Wildman–Crippen MR) is 110 cm³/mol. The molecule has 28 heavy (non-hydrogen) atoms. The van der Waals surface area contributed by atoms with E-state index in [1.807, 2.05) is 42.5 Å². The van der Waals surface area contributed by atoms with E-state index in [1.165, 1.54) is 4.88 Å². The minimum Gasteiger partial charge on any atom is -0.486 e. The number of thiophene rings is 1. The maximum Gasteiger partial charge on any atom is 0.305 e. The summed E-state index contributed by atoms with van der Waals surface area (Å²) in [6.07, 6.45) is 1.85. The molecule has 146 valence electrons. The number of carbonyl (C=O) groups excluding carboxylic acids is 2. The number of aryl methyl sites for hydroxylation is 1. The second-order valence-electron chi connectivity index (χ2n) is 5.93. The van der Waals surface area contributed by atoms with Crippen molar-refractivity contribution in [1.82, 2.24) is 10.9 Å². The van der Waals surface area contributed by atoms with Gasteiger partial charge in [-0.2, -0.15) is 0 Å². The molecule has 0 radical (unpaired) electrons. The van der Waals surface area contributed by atoms with E-state index in [2.05, 4.69) is 26.8 Å². The molecule has 2 amide bonds. The van der Waals surface area contributed by atoms with Crippen LogP contribution < -0.4 is 15.6 Å². The number of rotatable bonds is 8. The van der Waals surface area contributed by atoms with Gasteiger partial charge in [0.2, 0.25) is 5.91 Å². The molecule has 2 N–H and O–H groups in total. The van der Waals surface area contributed by atoms with E-state index < -0.39 is 5.91 Å². The van der Waals surface area contributed by atoms with Crippen molar-refractivity contribution in [3.05, 3.63) is 74.8 Å².